The van der Waals surface area contributed by atoms with Crippen LogP contribution in [0, 0.1) is 5.82 Å². The molecule has 0 aliphatic carbocycles. The molecule has 1 fully saturated rings. The molecule has 4 bridgehead atoms. The first kappa shape index (κ1) is 15.6. The molecule has 2 aromatic heterocycles. The highest BCUT2D eigenvalue weighted by Crippen LogP contribution is 2.30. The summed E-state index contributed by atoms with van der Waals surface area (Å²) in [6, 6.07) is 7.40. The second-order valence-electron chi connectivity index (χ2n) is 6.85. The summed E-state index contributed by atoms with van der Waals surface area (Å²) in [5.74, 6) is 0.259. The van der Waals surface area contributed by atoms with Crippen molar-refractivity contribution in [2.45, 2.75) is 18.9 Å². The highest BCUT2D eigenvalue weighted by Gasteiger charge is 2.24. The van der Waals surface area contributed by atoms with Gasteiger partial charge in [0.05, 0.1) is 6.20 Å². The Balaban J connectivity index is 1.62. The lowest BCUT2D eigenvalue weighted by atomic mass is 10.1. The van der Waals surface area contributed by atoms with Crippen molar-refractivity contribution < 1.29 is 9.13 Å². The van der Waals surface area contributed by atoms with E-state index in [0.717, 1.165) is 25.3 Å². The summed E-state index contributed by atoms with van der Waals surface area (Å²) < 4.78 is 22.0. The van der Waals surface area contributed by atoms with E-state index >= 15 is 0 Å². The van der Waals surface area contributed by atoms with Gasteiger partial charge in [0.15, 0.2) is 5.65 Å². The highest BCUT2D eigenvalue weighted by atomic mass is 19.1. The van der Waals surface area contributed by atoms with E-state index < -0.39 is 0 Å². The van der Waals surface area contributed by atoms with Crippen molar-refractivity contribution in [1.82, 2.24) is 19.5 Å². The predicted molar refractivity (Wildman–Crippen MR) is 97.0 cm³/mol. The first-order valence-electron chi connectivity index (χ1n) is 9.03. The molecule has 1 atom stereocenters. The topological polar surface area (TPSA) is 54.7 Å². The van der Waals surface area contributed by atoms with Crippen molar-refractivity contribution in [3.63, 3.8) is 0 Å². The third-order valence-corrected chi connectivity index (χ3v) is 5.27. The minimum Gasteiger partial charge on any atom is -0.476 e. The van der Waals surface area contributed by atoms with Gasteiger partial charge in [0.25, 0.3) is 0 Å². The molecule has 5 rings (SSSR count). The molecule has 7 heteroatoms. The van der Waals surface area contributed by atoms with E-state index in [1.807, 2.05) is 6.07 Å². The minimum absolute atomic E-state index is 0.284. The SMILES string of the molecule is Fc1ccc2cc1-c1cnn3ccc(nc13)OCCN1CCC[C@H]1CN2. The van der Waals surface area contributed by atoms with E-state index in [1.165, 1.54) is 18.9 Å². The minimum atomic E-state index is -0.284. The molecule has 0 saturated carbocycles. The van der Waals surface area contributed by atoms with Crippen LogP contribution in [0.15, 0.2) is 36.7 Å². The van der Waals surface area contributed by atoms with Gasteiger partial charge in [-0.1, -0.05) is 0 Å². The number of ether oxygens (including phenoxy) is 1. The van der Waals surface area contributed by atoms with Crippen LogP contribution in [0.25, 0.3) is 16.8 Å². The fourth-order valence-corrected chi connectivity index (χ4v) is 3.89. The lowest BCUT2D eigenvalue weighted by Crippen LogP contribution is -2.37. The van der Waals surface area contributed by atoms with Crippen LogP contribution in [0.1, 0.15) is 12.8 Å². The van der Waals surface area contributed by atoms with Gasteiger partial charge in [-0.2, -0.15) is 10.1 Å². The van der Waals surface area contributed by atoms with Gasteiger partial charge in [-0.3, -0.25) is 4.90 Å². The smallest absolute Gasteiger partial charge is 0.216 e. The molecule has 2 aliphatic heterocycles. The average molecular weight is 353 g/mol. The molecular weight excluding hydrogens is 333 g/mol. The molecule has 134 valence electrons. The van der Waals surface area contributed by atoms with Crippen molar-refractivity contribution in [2.24, 2.45) is 0 Å². The Morgan fingerprint density at radius 2 is 2.15 bits per heavy atom. The van der Waals surface area contributed by atoms with Crippen molar-refractivity contribution in [1.29, 1.82) is 0 Å². The number of hydrogen-bond acceptors (Lipinski definition) is 5. The molecule has 6 nitrogen and oxygen atoms in total. The molecule has 0 amide bonds. The lowest BCUT2D eigenvalue weighted by molar-refractivity contribution is 0.198. The van der Waals surface area contributed by atoms with Gasteiger partial charge < -0.3 is 10.1 Å². The zero-order valence-corrected chi connectivity index (χ0v) is 14.4. The van der Waals surface area contributed by atoms with Gasteiger partial charge in [-0.25, -0.2) is 8.91 Å². The Bertz CT molecular complexity index is 956. The second-order valence-corrected chi connectivity index (χ2v) is 6.85. The number of rotatable bonds is 0. The summed E-state index contributed by atoms with van der Waals surface area (Å²) in [5, 5.41) is 7.77. The van der Waals surface area contributed by atoms with E-state index in [0.29, 0.717) is 35.3 Å². The van der Waals surface area contributed by atoms with Crippen molar-refractivity contribution >= 4 is 11.3 Å². The van der Waals surface area contributed by atoms with Crippen LogP contribution in [-0.2, 0) is 0 Å². The van der Waals surface area contributed by atoms with E-state index in [1.54, 1.807) is 29.0 Å². The summed E-state index contributed by atoms with van der Waals surface area (Å²) in [4.78, 5) is 7.01. The van der Waals surface area contributed by atoms with Gasteiger partial charge in [-0.05, 0) is 37.6 Å². The van der Waals surface area contributed by atoms with Crippen LogP contribution >= 0.6 is 0 Å². The summed E-state index contributed by atoms with van der Waals surface area (Å²) in [7, 11) is 0. The standard InChI is InChI=1S/C19H20FN5O/c20-17-4-3-13-10-15(17)16-12-22-25-7-5-18(23-19(16)25)26-9-8-24-6-1-2-14(24)11-21-13/h3-5,7,10,12,14,21H,1-2,6,8-9,11H2/t14-/m0/s1. The Morgan fingerprint density at radius 3 is 3.12 bits per heavy atom. The molecule has 0 spiro atoms. The Morgan fingerprint density at radius 1 is 1.19 bits per heavy atom. The summed E-state index contributed by atoms with van der Waals surface area (Å²) in [6.45, 7) is 3.39. The number of fused-ring (bicyclic) bond motifs is 5. The van der Waals surface area contributed by atoms with E-state index in [-0.39, 0.29) is 5.82 Å². The summed E-state index contributed by atoms with van der Waals surface area (Å²) >= 11 is 0. The van der Waals surface area contributed by atoms with Gasteiger partial charge in [0.2, 0.25) is 5.88 Å². The van der Waals surface area contributed by atoms with Gasteiger partial charge in [0.1, 0.15) is 12.4 Å². The molecule has 1 aromatic carbocycles. The molecule has 1 N–H and O–H groups in total. The van der Waals surface area contributed by atoms with E-state index in [4.69, 9.17) is 4.74 Å². The third kappa shape index (κ3) is 2.68. The second kappa shape index (κ2) is 6.25. The maximum absolute atomic E-state index is 14.5. The third-order valence-electron chi connectivity index (χ3n) is 5.27. The summed E-state index contributed by atoms with van der Waals surface area (Å²) in [5.41, 5.74) is 2.66. The molecule has 0 radical (unpaired) electrons. The quantitative estimate of drug-likeness (QED) is 0.674. The van der Waals surface area contributed by atoms with Crippen LogP contribution in [0.5, 0.6) is 5.88 Å². The maximum atomic E-state index is 14.5. The van der Waals surface area contributed by atoms with Crippen molar-refractivity contribution in [3.8, 4) is 17.0 Å². The maximum Gasteiger partial charge on any atom is 0.216 e. The number of anilines is 1. The summed E-state index contributed by atoms with van der Waals surface area (Å²) in [6.07, 6.45) is 5.81. The highest BCUT2D eigenvalue weighted by molar-refractivity contribution is 5.79. The van der Waals surface area contributed by atoms with Gasteiger partial charge >= 0.3 is 0 Å². The number of nitrogens with one attached hydrogen (secondary N) is 1. The molecule has 2 aliphatic rings. The van der Waals surface area contributed by atoms with Gasteiger partial charge in [0, 0.05) is 48.2 Å². The normalized spacial score (nSPS) is 20.4. The molecule has 4 heterocycles. The van der Waals surface area contributed by atoms with Crippen LogP contribution in [-0.4, -0.2) is 51.8 Å². The Labute approximate surface area is 150 Å². The predicted octanol–water partition coefficient (Wildman–Crippen LogP) is 2.80. The van der Waals surface area contributed by atoms with Crippen LogP contribution in [0.2, 0.25) is 0 Å². The fourth-order valence-electron chi connectivity index (χ4n) is 3.89. The van der Waals surface area contributed by atoms with E-state index in [9.17, 15) is 4.39 Å². The average Bonchev–Trinajstić information content (AvgIpc) is 3.27. The monoisotopic (exact) mass is 353 g/mol. The first-order valence-corrected chi connectivity index (χ1v) is 9.03. The number of halogens is 1. The van der Waals surface area contributed by atoms with Crippen molar-refractivity contribution in [2.75, 3.05) is 31.6 Å². The van der Waals surface area contributed by atoms with Crippen LogP contribution in [0.4, 0.5) is 10.1 Å². The van der Waals surface area contributed by atoms with E-state index in [2.05, 4.69) is 20.3 Å². The number of nitrogens with zero attached hydrogens (tertiary/aromatic N) is 4. The molecule has 3 aromatic rings. The molecule has 26 heavy (non-hydrogen) atoms. The molecule has 1 saturated heterocycles. The largest absolute Gasteiger partial charge is 0.476 e. The molecule has 0 unspecified atom stereocenters. The lowest BCUT2D eigenvalue weighted by Gasteiger charge is -2.25. The number of aromatic nitrogens is 3. The van der Waals surface area contributed by atoms with Gasteiger partial charge in [-0.15, -0.1) is 0 Å². The van der Waals surface area contributed by atoms with Crippen molar-refractivity contribution in [3.05, 3.63) is 42.5 Å². The number of hydrogen-bond donors (Lipinski definition) is 1. The zero-order chi connectivity index (χ0) is 17.5. The van der Waals surface area contributed by atoms with Crippen LogP contribution in [0.3, 0.4) is 0 Å². The zero-order valence-electron chi connectivity index (χ0n) is 14.4. The first-order chi connectivity index (χ1) is 12.8. The fraction of sp³-hybridized carbons (Fsp3) is 0.368. The Kier molecular flexibility index (Phi) is 3.74. The van der Waals surface area contributed by atoms with Crippen LogP contribution < -0.4 is 10.1 Å². The number of benzene rings is 1. The molecular formula is C19H20FN5O. The Hall–Kier alpha value is -2.67.